The Labute approximate surface area is 71.1 Å². The van der Waals surface area contributed by atoms with Crippen molar-refractivity contribution in [1.82, 2.24) is 0 Å². The van der Waals surface area contributed by atoms with Crippen LogP contribution in [0.3, 0.4) is 0 Å². The molecule has 0 fully saturated rings. The van der Waals surface area contributed by atoms with Gasteiger partial charge >= 0.3 is 5.97 Å². The van der Waals surface area contributed by atoms with Crippen LogP contribution in [0.25, 0.3) is 0 Å². The van der Waals surface area contributed by atoms with E-state index >= 15 is 0 Å². The number of hydrogen-bond acceptors (Lipinski definition) is 1. The van der Waals surface area contributed by atoms with Gasteiger partial charge in [0.1, 0.15) is 6.17 Å². The van der Waals surface area contributed by atoms with Gasteiger partial charge < -0.3 is 5.11 Å². The summed E-state index contributed by atoms with van der Waals surface area (Å²) in [6.45, 7) is 0. The van der Waals surface area contributed by atoms with Crippen molar-refractivity contribution in [3.05, 3.63) is 12.2 Å². The van der Waals surface area contributed by atoms with E-state index in [2.05, 4.69) is 5.92 Å². The molecule has 0 spiro atoms. The van der Waals surface area contributed by atoms with Gasteiger partial charge in [0.15, 0.2) is 0 Å². The zero-order valence-corrected chi connectivity index (χ0v) is 6.66. The minimum Gasteiger partial charge on any atom is -0.478 e. The first-order chi connectivity index (χ1) is 5.66. The number of hydrogen-bond donors (Lipinski definition) is 1. The van der Waals surface area contributed by atoms with Crippen LogP contribution < -0.4 is 0 Å². The van der Waals surface area contributed by atoms with E-state index in [1.54, 1.807) is 0 Å². The van der Waals surface area contributed by atoms with Gasteiger partial charge in [0.2, 0.25) is 0 Å². The molecule has 0 saturated carbocycles. The second kappa shape index (κ2) is 6.41. The molecule has 0 bridgehead atoms. The molecule has 1 N–H and O–H groups in total. The van der Waals surface area contributed by atoms with E-state index < -0.39 is 12.1 Å². The van der Waals surface area contributed by atoms with Crippen molar-refractivity contribution in [2.24, 2.45) is 0 Å². The zero-order chi connectivity index (χ0) is 9.40. The molecule has 0 aromatic rings. The number of carboxylic acid groups (broad SMARTS) is 1. The number of unbranched alkanes of at least 4 members (excludes halogenated alkanes) is 1. The normalized spacial score (nSPS) is 12.7. The van der Waals surface area contributed by atoms with Gasteiger partial charge in [0, 0.05) is 12.5 Å². The van der Waals surface area contributed by atoms with Gasteiger partial charge in [0.05, 0.1) is 0 Å². The summed E-state index contributed by atoms with van der Waals surface area (Å²) in [5.74, 6) is 1.25. The minimum absolute atomic E-state index is 0.286. The van der Waals surface area contributed by atoms with Crippen LogP contribution in [0, 0.1) is 12.3 Å². The molecule has 66 valence electrons. The Morgan fingerprint density at radius 1 is 1.75 bits per heavy atom. The molecule has 0 heterocycles. The van der Waals surface area contributed by atoms with Gasteiger partial charge in [-0.1, -0.05) is 0 Å². The summed E-state index contributed by atoms with van der Waals surface area (Å²) in [6.07, 6.45) is 6.99. The quantitative estimate of drug-likeness (QED) is 0.388. The van der Waals surface area contributed by atoms with E-state index in [0.717, 1.165) is 12.2 Å². The molecule has 0 aliphatic heterocycles. The van der Waals surface area contributed by atoms with Crippen molar-refractivity contribution in [1.29, 1.82) is 0 Å². The lowest BCUT2D eigenvalue weighted by Crippen LogP contribution is -1.96. The maximum atomic E-state index is 12.7. The van der Waals surface area contributed by atoms with E-state index in [1.165, 1.54) is 0 Å². The molecule has 0 amide bonds. The molecule has 1 atom stereocenters. The van der Waals surface area contributed by atoms with Gasteiger partial charge in [-0.3, -0.25) is 0 Å². The molecule has 12 heavy (non-hydrogen) atoms. The maximum Gasteiger partial charge on any atom is 0.328 e. The van der Waals surface area contributed by atoms with Gasteiger partial charge in [-0.15, -0.1) is 12.3 Å². The second-order valence-electron chi connectivity index (χ2n) is 2.31. The summed E-state index contributed by atoms with van der Waals surface area (Å²) < 4.78 is 12.7. The summed E-state index contributed by atoms with van der Waals surface area (Å²) in [5, 5.41) is 8.15. The lowest BCUT2D eigenvalue weighted by Gasteiger charge is -1.98. The molecule has 1 unspecified atom stereocenters. The fourth-order valence-corrected chi connectivity index (χ4v) is 0.682. The predicted octanol–water partition coefficient (Wildman–Crippen LogP) is 1.77. The number of alkyl halides is 1. The molecule has 3 heteroatoms. The first kappa shape index (κ1) is 10.7. The highest BCUT2D eigenvalue weighted by Gasteiger charge is 2.00. The third-order valence-corrected chi connectivity index (χ3v) is 1.25. The van der Waals surface area contributed by atoms with Gasteiger partial charge in [-0.2, -0.15) is 0 Å². The molecule has 2 nitrogen and oxygen atoms in total. The Hall–Kier alpha value is -1.30. The maximum absolute atomic E-state index is 12.7. The molecular weight excluding hydrogens is 159 g/mol. The summed E-state index contributed by atoms with van der Waals surface area (Å²) >= 11 is 0. The second-order valence-corrected chi connectivity index (χ2v) is 2.31. The Kier molecular flexibility index (Phi) is 5.72. The molecule has 0 rings (SSSR count). The van der Waals surface area contributed by atoms with E-state index in [1.807, 2.05) is 0 Å². The lowest BCUT2D eigenvalue weighted by molar-refractivity contribution is -0.131. The molecule has 0 saturated heterocycles. The topological polar surface area (TPSA) is 37.3 Å². The van der Waals surface area contributed by atoms with E-state index in [4.69, 9.17) is 11.5 Å². The number of halogens is 1. The van der Waals surface area contributed by atoms with Crippen molar-refractivity contribution < 1.29 is 14.3 Å². The Balaban J connectivity index is 3.53. The third-order valence-electron chi connectivity index (χ3n) is 1.25. The molecular formula is C9H11FO2. The van der Waals surface area contributed by atoms with Crippen LogP contribution in [0.15, 0.2) is 12.2 Å². The first-order valence-electron chi connectivity index (χ1n) is 3.65. The van der Waals surface area contributed by atoms with Crippen molar-refractivity contribution in [2.75, 3.05) is 0 Å². The molecule has 0 aliphatic carbocycles. The summed E-state index contributed by atoms with van der Waals surface area (Å²) in [5.41, 5.74) is 0. The van der Waals surface area contributed by atoms with Gasteiger partial charge in [-0.05, 0) is 18.9 Å². The largest absolute Gasteiger partial charge is 0.478 e. The van der Waals surface area contributed by atoms with Gasteiger partial charge in [0.25, 0.3) is 0 Å². The Morgan fingerprint density at radius 2 is 2.42 bits per heavy atom. The Bertz CT molecular complexity index is 203. The van der Waals surface area contributed by atoms with Crippen LogP contribution in [-0.2, 0) is 4.79 Å². The van der Waals surface area contributed by atoms with E-state index in [0.29, 0.717) is 12.8 Å². The SMILES string of the molecule is C#CCCCC(F)/C=C/C(=O)O. The van der Waals surface area contributed by atoms with Crippen LogP contribution in [0.1, 0.15) is 19.3 Å². The fourth-order valence-electron chi connectivity index (χ4n) is 0.682. The number of aliphatic carboxylic acids is 1. The summed E-state index contributed by atoms with van der Waals surface area (Å²) in [7, 11) is 0. The smallest absolute Gasteiger partial charge is 0.328 e. The third kappa shape index (κ3) is 6.81. The average Bonchev–Trinajstić information content (AvgIpc) is 2.01. The van der Waals surface area contributed by atoms with Crippen molar-refractivity contribution in [3.63, 3.8) is 0 Å². The number of rotatable bonds is 5. The van der Waals surface area contributed by atoms with E-state index in [9.17, 15) is 9.18 Å². The first-order valence-corrected chi connectivity index (χ1v) is 3.65. The zero-order valence-electron chi connectivity index (χ0n) is 6.66. The number of carbonyl (C=O) groups is 1. The average molecular weight is 170 g/mol. The van der Waals surface area contributed by atoms with Crippen LogP contribution >= 0.6 is 0 Å². The van der Waals surface area contributed by atoms with Crippen molar-refractivity contribution in [2.45, 2.75) is 25.4 Å². The van der Waals surface area contributed by atoms with Crippen molar-refractivity contribution in [3.8, 4) is 12.3 Å². The van der Waals surface area contributed by atoms with Crippen LogP contribution in [0.5, 0.6) is 0 Å². The van der Waals surface area contributed by atoms with Crippen molar-refractivity contribution >= 4 is 5.97 Å². The molecule has 0 radical (unpaired) electrons. The number of terminal acetylenes is 1. The highest BCUT2D eigenvalue weighted by Crippen LogP contribution is 2.05. The van der Waals surface area contributed by atoms with Crippen LogP contribution in [0.2, 0.25) is 0 Å². The number of allylic oxidation sites excluding steroid dienone is 1. The fraction of sp³-hybridized carbons (Fsp3) is 0.444. The minimum atomic E-state index is -1.20. The van der Waals surface area contributed by atoms with E-state index in [-0.39, 0.29) is 6.42 Å². The highest BCUT2D eigenvalue weighted by molar-refractivity contribution is 5.79. The summed E-state index contributed by atoms with van der Waals surface area (Å²) in [4.78, 5) is 9.95. The highest BCUT2D eigenvalue weighted by atomic mass is 19.1. The molecule has 0 aromatic carbocycles. The monoisotopic (exact) mass is 170 g/mol. The van der Waals surface area contributed by atoms with Crippen LogP contribution in [0.4, 0.5) is 4.39 Å². The van der Waals surface area contributed by atoms with Gasteiger partial charge in [-0.25, -0.2) is 9.18 Å². The summed E-state index contributed by atoms with van der Waals surface area (Å²) in [6, 6.07) is 0. The van der Waals surface area contributed by atoms with Crippen LogP contribution in [-0.4, -0.2) is 17.2 Å². The predicted molar refractivity (Wildman–Crippen MR) is 44.4 cm³/mol. The molecule has 0 aliphatic rings. The molecule has 0 aromatic heterocycles. The number of carboxylic acids is 1. The Morgan fingerprint density at radius 3 is 2.92 bits per heavy atom. The lowest BCUT2D eigenvalue weighted by atomic mass is 10.1. The standard InChI is InChI=1S/C9H11FO2/c1-2-3-4-5-8(10)6-7-9(11)12/h1,6-8H,3-5H2,(H,11,12)/b7-6+.